The van der Waals surface area contributed by atoms with Crippen LogP contribution in [-0.2, 0) is 5.88 Å². The molecule has 98 valence electrons. The van der Waals surface area contributed by atoms with Crippen LogP contribution in [0.5, 0.6) is 11.5 Å². The summed E-state index contributed by atoms with van der Waals surface area (Å²) in [5, 5.41) is 11.2. The predicted molar refractivity (Wildman–Crippen MR) is 74.2 cm³/mol. The Labute approximate surface area is 119 Å². The zero-order valence-corrected chi connectivity index (χ0v) is 11.2. The fraction of sp³-hybridized carbons (Fsp3) is 0.0769. The number of nitro benzene ring substituents is 1. The van der Waals surface area contributed by atoms with Crippen LogP contribution in [0.15, 0.2) is 42.5 Å². The average molecular weight is 298 g/mol. The van der Waals surface area contributed by atoms with Crippen LogP contribution in [0, 0.1) is 10.1 Å². The number of benzene rings is 2. The lowest BCUT2D eigenvalue weighted by Gasteiger charge is -2.07. The summed E-state index contributed by atoms with van der Waals surface area (Å²) in [5.41, 5.74) is 0.772. The molecule has 0 aliphatic heterocycles. The van der Waals surface area contributed by atoms with Crippen molar-refractivity contribution in [2.24, 2.45) is 0 Å². The number of ether oxygens (including phenoxy) is 1. The van der Waals surface area contributed by atoms with Gasteiger partial charge in [0.25, 0.3) is 0 Å². The van der Waals surface area contributed by atoms with Crippen molar-refractivity contribution in [2.45, 2.75) is 5.88 Å². The third-order valence-electron chi connectivity index (χ3n) is 2.42. The summed E-state index contributed by atoms with van der Waals surface area (Å²) in [6, 6.07) is 11.3. The SMILES string of the molecule is O=[N+]([O-])c1cc(Cl)ccc1Oc1ccc(CCl)cc1. The maximum absolute atomic E-state index is 10.9. The fourth-order valence-corrected chi connectivity index (χ4v) is 1.84. The minimum Gasteiger partial charge on any atom is -0.450 e. The van der Waals surface area contributed by atoms with E-state index in [4.69, 9.17) is 27.9 Å². The van der Waals surface area contributed by atoms with E-state index in [-0.39, 0.29) is 16.5 Å². The lowest BCUT2D eigenvalue weighted by molar-refractivity contribution is -0.385. The summed E-state index contributed by atoms with van der Waals surface area (Å²) >= 11 is 11.4. The van der Waals surface area contributed by atoms with Gasteiger partial charge >= 0.3 is 5.69 Å². The van der Waals surface area contributed by atoms with E-state index in [0.717, 1.165) is 5.56 Å². The van der Waals surface area contributed by atoms with Gasteiger partial charge in [-0.15, -0.1) is 11.6 Å². The molecule has 2 rings (SSSR count). The Morgan fingerprint density at radius 1 is 1.16 bits per heavy atom. The van der Waals surface area contributed by atoms with Gasteiger partial charge in [0.05, 0.1) is 4.92 Å². The Morgan fingerprint density at radius 3 is 2.42 bits per heavy atom. The van der Waals surface area contributed by atoms with Gasteiger partial charge in [-0.05, 0) is 29.8 Å². The van der Waals surface area contributed by atoms with E-state index in [1.807, 2.05) is 0 Å². The Morgan fingerprint density at radius 2 is 1.84 bits per heavy atom. The number of alkyl halides is 1. The Balaban J connectivity index is 2.29. The van der Waals surface area contributed by atoms with Gasteiger partial charge < -0.3 is 4.74 Å². The first-order chi connectivity index (χ1) is 9.10. The number of hydrogen-bond donors (Lipinski definition) is 0. The minimum atomic E-state index is -0.533. The molecule has 0 bridgehead atoms. The molecule has 0 aromatic heterocycles. The van der Waals surface area contributed by atoms with Gasteiger partial charge in [0, 0.05) is 17.0 Å². The smallest absolute Gasteiger partial charge is 0.313 e. The highest BCUT2D eigenvalue weighted by Gasteiger charge is 2.16. The maximum Gasteiger partial charge on any atom is 0.313 e. The lowest BCUT2D eigenvalue weighted by Crippen LogP contribution is -1.93. The van der Waals surface area contributed by atoms with Crippen molar-refractivity contribution >= 4 is 28.9 Å². The number of hydrogen-bond acceptors (Lipinski definition) is 3. The molecule has 0 saturated carbocycles. The molecule has 0 aliphatic rings. The first-order valence-electron chi connectivity index (χ1n) is 5.37. The zero-order valence-electron chi connectivity index (χ0n) is 9.68. The Bertz CT molecular complexity index is 599. The molecule has 4 nitrogen and oxygen atoms in total. The molecule has 0 amide bonds. The quantitative estimate of drug-likeness (QED) is 0.463. The zero-order chi connectivity index (χ0) is 13.8. The van der Waals surface area contributed by atoms with Crippen LogP contribution < -0.4 is 4.74 Å². The third-order valence-corrected chi connectivity index (χ3v) is 2.97. The summed E-state index contributed by atoms with van der Waals surface area (Å²) in [6.45, 7) is 0. The monoisotopic (exact) mass is 297 g/mol. The average Bonchev–Trinajstić information content (AvgIpc) is 2.41. The summed E-state index contributed by atoms with van der Waals surface area (Å²) in [4.78, 5) is 10.4. The summed E-state index contributed by atoms with van der Waals surface area (Å²) in [6.07, 6.45) is 0. The molecule has 0 spiro atoms. The Hall–Kier alpha value is -1.78. The number of halogens is 2. The number of nitrogens with zero attached hydrogens (tertiary/aromatic N) is 1. The van der Waals surface area contributed by atoms with Crippen molar-refractivity contribution in [1.29, 1.82) is 0 Å². The van der Waals surface area contributed by atoms with Gasteiger partial charge in [0.2, 0.25) is 5.75 Å². The number of rotatable bonds is 4. The van der Waals surface area contributed by atoms with E-state index in [9.17, 15) is 10.1 Å². The van der Waals surface area contributed by atoms with Crippen LogP contribution in [-0.4, -0.2) is 4.92 Å². The lowest BCUT2D eigenvalue weighted by atomic mass is 10.2. The Kier molecular flexibility index (Phi) is 4.24. The summed E-state index contributed by atoms with van der Waals surface area (Å²) in [7, 11) is 0. The molecule has 0 unspecified atom stereocenters. The van der Waals surface area contributed by atoms with Crippen molar-refractivity contribution in [1.82, 2.24) is 0 Å². The first-order valence-corrected chi connectivity index (χ1v) is 6.28. The van der Waals surface area contributed by atoms with E-state index in [1.165, 1.54) is 18.2 Å². The predicted octanol–water partition coefficient (Wildman–Crippen LogP) is 4.78. The molecular formula is C13H9Cl2NO3. The normalized spacial score (nSPS) is 10.2. The third kappa shape index (κ3) is 3.36. The molecule has 0 saturated heterocycles. The van der Waals surface area contributed by atoms with Crippen LogP contribution >= 0.6 is 23.2 Å². The highest BCUT2D eigenvalue weighted by atomic mass is 35.5. The van der Waals surface area contributed by atoms with Gasteiger partial charge in [-0.1, -0.05) is 23.7 Å². The molecule has 19 heavy (non-hydrogen) atoms. The molecule has 2 aromatic carbocycles. The second-order valence-corrected chi connectivity index (χ2v) is 4.45. The van der Waals surface area contributed by atoms with Crippen molar-refractivity contribution in [3.8, 4) is 11.5 Å². The summed E-state index contributed by atoms with van der Waals surface area (Å²) in [5.74, 6) is 1.05. The highest BCUT2D eigenvalue weighted by Crippen LogP contribution is 2.33. The van der Waals surface area contributed by atoms with Crippen LogP contribution in [0.4, 0.5) is 5.69 Å². The first kappa shape index (κ1) is 13.6. The molecule has 0 fully saturated rings. The van der Waals surface area contributed by atoms with Crippen LogP contribution in [0.2, 0.25) is 5.02 Å². The van der Waals surface area contributed by atoms with E-state index in [1.54, 1.807) is 24.3 Å². The van der Waals surface area contributed by atoms with Gasteiger partial charge in [-0.3, -0.25) is 10.1 Å². The standard InChI is InChI=1S/C13H9Cl2NO3/c14-8-9-1-4-11(5-2-9)19-13-6-3-10(15)7-12(13)16(17)18/h1-7H,8H2. The fourth-order valence-electron chi connectivity index (χ4n) is 1.49. The second kappa shape index (κ2) is 5.91. The van der Waals surface area contributed by atoms with E-state index in [2.05, 4.69) is 0 Å². The largest absolute Gasteiger partial charge is 0.450 e. The van der Waals surface area contributed by atoms with Crippen molar-refractivity contribution in [2.75, 3.05) is 0 Å². The van der Waals surface area contributed by atoms with E-state index in [0.29, 0.717) is 11.6 Å². The van der Waals surface area contributed by atoms with Gasteiger partial charge in [-0.25, -0.2) is 0 Å². The van der Waals surface area contributed by atoms with Crippen LogP contribution in [0.3, 0.4) is 0 Å². The van der Waals surface area contributed by atoms with E-state index >= 15 is 0 Å². The van der Waals surface area contributed by atoms with Crippen molar-refractivity contribution in [3.63, 3.8) is 0 Å². The van der Waals surface area contributed by atoms with Crippen LogP contribution in [0.1, 0.15) is 5.56 Å². The number of nitro groups is 1. The van der Waals surface area contributed by atoms with Gasteiger partial charge in [0.1, 0.15) is 5.75 Å². The maximum atomic E-state index is 10.9. The minimum absolute atomic E-state index is 0.146. The second-order valence-electron chi connectivity index (χ2n) is 3.75. The molecule has 0 heterocycles. The topological polar surface area (TPSA) is 52.4 Å². The molecular weight excluding hydrogens is 289 g/mol. The highest BCUT2D eigenvalue weighted by molar-refractivity contribution is 6.30. The molecule has 2 aromatic rings. The molecule has 0 radical (unpaired) electrons. The molecule has 6 heteroatoms. The van der Waals surface area contributed by atoms with Gasteiger partial charge in [0.15, 0.2) is 0 Å². The molecule has 0 N–H and O–H groups in total. The summed E-state index contributed by atoms with van der Waals surface area (Å²) < 4.78 is 5.48. The van der Waals surface area contributed by atoms with Crippen LogP contribution in [0.25, 0.3) is 0 Å². The molecule has 0 aliphatic carbocycles. The van der Waals surface area contributed by atoms with Gasteiger partial charge in [-0.2, -0.15) is 0 Å². The van der Waals surface area contributed by atoms with Crippen molar-refractivity contribution < 1.29 is 9.66 Å². The van der Waals surface area contributed by atoms with E-state index < -0.39 is 4.92 Å². The molecule has 0 atom stereocenters. The van der Waals surface area contributed by atoms with Crippen molar-refractivity contribution in [3.05, 3.63) is 63.2 Å².